The highest BCUT2D eigenvalue weighted by Crippen LogP contribution is 2.30. The van der Waals surface area contributed by atoms with Crippen LogP contribution in [-0.2, 0) is 11.2 Å². The molecule has 110 valence electrons. The van der Waals surface area contributed by atoms with Gasteiger partial charge in [-0.05, 0) is 30.9 Å². The van der Waals surface area contributed by atoms with Gasteiger partial charge in [-0.1, -0.05) is 13.8 Å². The summed E-state index contributed by atoms with van der Waals surface area (Å²) in [6.07, 6.45) is 2.01. The number of hydrogen-bond acceptors (Lipinski definition) is 3. The van der Waals surface area contributed by atoms with Gasteiger partial charge in [0.2, 0.25) is 5.91 Å². The number of amides is 1. The van der Waals surface area contributed by atoms with Crippen molar-refractivity contribution in [1.29, 1.82) is 0 Å². The molecular weight excluding hydrogens is 280 g/mol. The van der Waals surface area contributed by atoms with Gasteiger partial charge in [-0.2, -0.15) is 0 Å². The van der Waals surface area contributed by atoms with Gasteiger partial charge in [0.1, 0.15) is 0 Å². The molecule has 20 heavy (non-hydrogen) atoms. The van der Waals surface area contributed by atoms with Crippen LogP contribution in [0.5, 0.6) is 0 Å². The van der Waals surface area contributed by atoms with Gasteiger partial charge < -0.3 is 5.32 Å². The summed E-state index contributed by atoms with van der Waals surface area (Å²) < 4.78 is 0. The lowest BCUT2D eigenvalue weighted by molar-refractivity contribution is -0.384. The molecule has 0 fully saturated rings. The molecule has 0 bridgehead atoms. The Bertz CT molecular complexity index is 491. The maximum absolute atomic E-state index is 11.8. The van der Waals surface area contributed by atoms with Gasteiger partial charge in [0.15, 0.2) is 0 Å². The topological polar surface area (TPSA) is 72.2 Å². The van der Waals surface area contributed by atoms with Gasteiger partial charge in [-0.15, -0.1) is 11.6 Å². The van der Waals surface area contributed by atoms with Crippen LogP contribution in [0.25, 0.3) is 0 Å². The zero-order chi connectivity index (χ0) is 15.1. The summed E-state index contributed by atoms with van der Waals surface area (Å²) >= 11 is 5.61. The van der Waals surface area contributed by atoms with E-state index in [4.69, 9.17) is 11.6 Å². The molecular formula is C14H19ClN2O3. The SMILES string of the molecule is CC.O=C1Nc2ccc([N+](=O)[O-])cc2CC1CCCCl. The Hall–Kier alpha value is -1.62. The van der Waals surface area contributed by atoms with Crippen LogP contribution in [0.3, 0.4) is 0 Å². The number of anilines is 1. The molecule has 1 unspecified atom stereocenters. The molecule has 0 radical (unpaired) electrons. The molecule has 0 saturated heterocycles. The molecule has 1 amide bonds. The molecule has 1 aliphatic heterocycles. The standard InChI is InChI=1S/C12H13ClN2O3.C2H6/c13-5-1-2-8-6-9-7-10(15(17)18)3-4-11(9)14-12(8)16;1-2/h3-4,7-8H,1-2,5-6H2,(H,14,16);1-2H3. The summed E-state index contributed by atoms with van der Waals surface area (Å²) in [6.45, 7) is 4.00. The van der Waals surface area contributed by atoms with E-state index in [1.807, 2.05) is 13.8 Å². The van der Waals surface area contributed by atoms with Gasteiger partial charge in [0, 0.05) is 29.6 Å². The summed E-state index contributed by atoms with van der Waals surface area (Å²) in [5.41, 5.74) is 1.55. The summed E-state index contributed by atoms with van der Waals surface area (Å²) in [6, 6.07) is 4.52. The number of non-ortho nitro benzene ring substituents is 1. The first kappa shape index (κ1) is 16.4. The maximum Gasteiger partial charge on any atom is 0.269 e. The first-order valence-corrected chi connectivity index (χ1v) is 7.29. The van der Waals surface area contributed by atoms with Gasteiger partial charge in [-0.3, -0.25) is 14.9 Å². The smallest absolute Gasteiger partial charge is 0.269 e. The monoisotopic (exact) mass is 298 g/mol. The summed E-state index contributed by atoms with van der Waals surface area (Å²) in [5, 5.41) is 13.5. The maximum atomic E-state index is 11.8. The highest BCUT2D eigenvalue weighted by molar-refractivity contribution is 6.17. The first-order valence-electron chi connectivity index (χ1n) is 6.76. The highest BCUT2D eigenvalue weighted by Gasteiger charge is 2.26. The summed E-state index contributed by atoms with van der Waals surface area (Å²) in [7, 11) is 0. The van der Waals surface area contributed by atoms with Crippen molar-refractivity contribution in [2.24, 2.45) is 5.92 Å². The number of halogens is 1. The number of benzene rings is 1. The minimum absolute atomic E-state index is 0.0264. The van der Waals surface area contributed by atoms with E-state index in [1.54, 1.807) is 6.07 Å². The Kier molecular flexibility index (Phi) is 6.45. The van der Waals surface area contributed by atoms with Gasteiger partial charge >= 0.3 is 0 Å². The van der Waals surface area contributed by atoms with E-state index < -0.39 is 4.92 Å². The predicted molar refractivity (Wildman–Crippen MR) is 80.2 cm³/mol. The van der Waals surface area contributed by atoms with Crippen LogP contribution >= 0.6 is 11.6 Å². The first-order chi connectivity index (χ1) is 9.61. The molecule has 1 aromatic rings. The lowest BCUT2D eigenvalue weighted by Gasteiger charge is -2.24. The number of nitro benzene ring substituents is 1. The van der Waals surface area contributed by atoms with Crippen LogP contribution in [0.2, 0.25) is 0 Å². The van der Waals surface area contributed by atoms with Crippen molar-refractivity contribution in [3.05, 3.63) is 33.9 Å². The minimum atomic E-state index is -0.426. The molecule has 6 heteroatoms. The van der Waals surface area contributed by atoms with Gasteiger partial charge in [-0.25, -0.2) is 0 Å². The predicted octanol–water partition coefficient (Wildman–Crippen LogP) is 3.75. The second-order valence-electron chi connectivity index (χ2n) is 4.32. The molecule has 1 N–H and O–H groups in total. The van der Waals surface area contributed by atoms with Gasteiger partial charge in [0.05, 0.1) is 4.92 Å². The number of nitro groups is 1. The average Bonchev–Trinajstić information content (AvgIpc) is 2.46. The Morgan fingerprint density at radius 2 is 2.15 bits per heavy atom. The Balaban J connectivity index is 0.000000956. The van der Waals surface area contributed by atoms with Crippen molar-refractivity contribution in [2.45, 2.75) is 33.1 Å². The van der Waals surface area contributed by atoms with E-state index in [0.717, 1.165) is 12.0 Å². The van der Waals surface area contributed by atoms with Crippen molar-refractivity contribution in [1.82, 2.24) is 0 Å². The van der Waals surface area contributed by atoms with E-state index >= 15 is 0 Å². The minimum Gasteiger partial charge on any atom is -0.326 e. The third-order valence-corrected chi connectivity index (χ3v) is 3.35. The largest absolute Gasteiger partial charge is 0.326 e. The van der Waals surface area contributed by atoms with Crippen LogP contribution in [0.4, 0.5) is 11.4 Å². The van der Waals surface area contributed by atoms with Crippen LogP contribution in [0.1, 0.15) is 32.3 Å². The summed E-state index contributed by atoms with van der Waals surface area (Å²) in [4.78, 5) is 22.1. The molecule has 1 aromatic carbocycles. The normalized spacial score (nSPS) is 16.6. The number of carbonyl (C=O) groups is 1. The molecule has 2 rings (SSSR count). The number of carbonyl (C=O) groups excluding carboxylic acids is 1. The fourth-order valence-corrected chi connectivity index (χ4v) is 2.29. The number of alkyl halides is 1. The number of fused-ring (bicyclic) bond motifs is 1. The lowest BCUT2D eigenvalue weighted by atomic mass is 9.90. The lowest BCUT2D eigenvalue weighted by Crippen LogP contribution is -2.30. The molecule has 0 spiro atoms. The van der Waals surface area contributed by atoms with Crippen molar-refractivity contribution in [3.63, 3.8) is 0 Å². The van der Waals surface area contributed by atoms with E-state index in [1.165, 1.54) is 12.1 Å². The molecule has 1 atom stereocenters. The molecule has 0 saturated carbocycles. The van der Waals surface area contributed by atoms with Crippen LogP contribution in [0, 0.1) is 16.0 Å². The van der Waals surface area contributed by atoms with Crippen molar-refractivity contribution >= 4 is 28.9 Å². The molecule has 1 heterocycles. The van der Waals surface area contributed by atoms with Crippen molar-refractivity contribution < 1.29 is 9.72 Å². The van der Waals surface area contributed by atoms with Crippen molar-refractivity contribution in [3.8, 4) is 0 Å². The van der Waals surface area contributed by atoms with Crippen LogP contribution < -0.4 is 5.32 Å². The molecule has 0 aliphatic carbocycles. The number of rotatable bonds is 4. The van der Waals surface area contributed by atoms with Gasteiger partial charge in [0.25, 0.3) is 5.69 Å². The Labute approximate surface area is 123 Å². The highest BCUT2D eigenvalue weighted by atomic mass is 35.5. The third-order valence-electron chi connectivity index (χ3n) is 3.08. The molecule has 1 aliphatic rings. The Morgan fingerprint density at radius 1 is 1.45 bits per heavy atom. The summed E-state index contributed by atoms with van der Waals surface area (Å²) in [5.74, 6) is 0.352. The number of nitrogens with zero attached hydrogens (tertiary/aromatic N) is 1. The number of nitrogens with one attached hydrogen (secondary N) is 1. The van der Waals surface area contributed by atoms with E-state index in [9.17, 15) is 14.9 Å². The zero-order valence-electron chi connectivity index (χ0n) is 11.7. The zero-order valence-corrected chi connectivity index (χ0v) is 12.4. The fourth-order valence-electron chi connectivity index (χ4n) is 2.13. The van der Waals surface area contributed by atoms with Crippen molar-refractivity contribution in [2.75, 3.05) is 11.2 Å². The second kappa shape index (κ2) is 7.85. The van der Waals surface area contributed by atoms with Crippen LogP contribution in [-0.4, -0.2) is 16.7 Å². The third kappa shape index (κ3) is 3.93. The van der Waals surface area contributed by atoms with Crippen LogP contribution in [0.15, 0.2) is 18.2 Å². The van der Waals surface area contributed by atoms with E-state index in [-0.39, 0.29) is 17.5 Å². The molecule has 0 aromatic heterocycles. The fraction of sp³-hybridized carbons (Fsp3) is 0.500. The Morgan fingerprint density at radius 3 is 2.75 bits per heavy atom. The second-order valence-corrected chi connectivity index (χ2v) is 4.70. The van der Waals surface area contributed by atoms with E-state index in [2.05, 4.69) is 5.32 Å². The number of hydrogen-bond donors (Lipinski definition) is 1. The quantitative estimate of drug-likeness (QED) is 0.522. The molecule has 5 nitrogen and oxygen atoms in total. The van der Waals surface area contributed by atoms with E-state index in [0.29, 0.717) is 24.4 Å². The average molecular weight is 299 g/mol.